The number of hydrogen-bond acceptors (Lipinski definition) is 3. The van der Waals surface area contributed by atoms with Gasteiger partial charge in [0.05, 0.1) is 14.3 Å². The minimum atomic E-state index is 0.0491. The molecule has 3 nitrogen and oxygen atoms in total. The molecule has 1 aliphatic carbocycles. The second kappa shape index (κ2) is 6.26. The maximum absolute atomic E-state index is 9.52. The third-order valence-electron chi connectivity index (χ3n) is 3.78. The molecule has 1 fully saturated rings. The molecule has 1 aromatic carbocycles. The monoisotopic (exact) mass is 434 g/mol. The Kier molecular flexibility index (Phi) is 4.57. The minimum Gasteiger partial charge on any atom is -0.506 e. The molecule has 6 heteroatoms. The van der Waals surface area contributed by atoms with Crippen LogP contribution in [0.15, 0.2) is 18.2 Å². The van der Waals surface area contributed by atoms with Gasteiger partial charge < -0.3 is 5.11 Å². The molecule has 0 spiro atoms. The largest absolute Gasteiger partial charge is 0.506 e. The molecule has 0 atom stereocenters. The highest BCUT2D eigenvalue weighted by Gasteiger charge is 2.23. The number of halogens is 3. The van der Waals surface area contributed by atoms with Gasteiger partial charge in [-0.05, 0) is 53.6 Å². The maximum atomic E-state index is 9.52. The van der Waals surface area contributed by atoms with E-state index in [0.717, 1.165) is 27.7 Å². The van der Waals surface area contributed by atoms with Crippen LogP contribution in [-0.2, 0) is 0 Å². The number of aromatic nitrogens is 2. The highest BCUT2D eigenvalue weighted by atomic mass is 127. The highest BCUT2D eigenvalue weighted by Crippen LogP contribution is 2.38. The van der Waals surface area contributed by atoms with Crippen LogP contribution in [0.4, 0.5) is 0 Å². The molecule has 0 aliphatic heterocycles. The SMILES string of the molecule is Oc1ccc(-c2nc(Cl)c(I)c(C3CCCC3)n2)cc1Cl. The average Bonchev–Trinajstić information content (AvgIpc) is 2.98. The molecule has 0 saturated heterocycles. The van der Waals surface area contributed by atoms with Crippen molar-refractivity contribution in [1.82, 2.24) is 9.97 Å². The van der Waals surface area contributed by atoms with Gasteiger partial charge in [-0.1, -0.05) is 36.0 Å². The topological polar surface area (TPSA) is 46.0 Å². The molecule has 1 N–H and O–H groups in total. The summed E-state index contributed by atoms with van der Waals surface area (Å²) >= 11 is 14.5. The smallest absolute Gasteiger partial charge is 0.161 e. The first kappa shape index (κ1) is 15.3. The molecule has 1 saturated carbocycles. The molecule has 1 heterocycles. The summed E-state index contributed by atoms with van der Waals surface area (Å²) in [5.74, 6) is 1.07. The van der Waals surface area contributed by atoms with Crippen molar-refractivity contribution in [2.24, 2.45) is 0 Å². The van der Waals surface area contributed by atoms with Gasteiger partial charge in [-0.2, -0.15) is 0 Å². The third kappa shape index (κ3) is 3.12. The Hall–Kier alpha value is -0.590. The highest BCUT2D eigenvalue weighted by molar-refractivity contribution is 14.1. The van der Waals surface area contributed by atoms with E-state index in [0.29, 0.717) is 16.9 Å². The van der Waals surface area contributed by atoms with E-state index in [1.807, 2.05) is 0 Å². The number of hydrogen-bond donors (Lipinski definition) is 1. The van der Waals surface area contributed by atoms with Gasteiger partial charge in [0, 0.05) is 11.5 Å². The molecule has 3 rings (SSSR count). The summed E-state index contributed by atoms with van der Waals surface area (Å²) < 4.78 is 0.940. The zero-order chi connectivity index (χ0) is 15.0. The van der Waals surface area contributed by atoms with Crippen molar-refractivity contribution >= 4 is 45.8 Å². The second-order valence-corrected chi connectivity index (χ2v) is 7.03. The van der Waals surface area contributed by atoms with Gasteiger partial charge >= 0.3 is 0 Å². The predicted molar refractivity (Wildman–Crippen MR) is 93.1 cm³/mol. The Bertz CT molecular complexity index is 688. The fraction of sp³-hybridized carbons (Fsp3) is 0.333. The average molecular weight is 435 g/mol. The molecule has 0 unspecified atom stereocenters. The van der Waals surface area contributed by atoms with Crippen molar-refractivity contribution in [3.63, 3.8) is 0 Å². The fourth-order valence-corrected chi connectivity index (χ4v) is 3.72. The van der Waals surface area contributed by atoms with E-state index in [-0.39, 0.29) is 10.8 Å². The van der Waals surface area contributed by atoms with E-state index in [2.05, 4.69) is 27.6 Å². The first-order chi connectivity index (χ1) is 10.1. The second-order valence-electron chi connectivity index (χ2n) is 5.18. The molecule has 2 aromatic rings. The van der Waals surface area contributed by atoms with Crippen LogP contribution < -0.4 is 0 Å². The van der Waals surface area contributed by atoms with E-state index in [1.54, 1.807) is 18.2 Å². The van der Waals surface area contributed by atoms with Gasteiger partial charge in [-0.15, -0.1) is 0 Å². The van der Waals surface area contributed by atoms with Gasteiger partial charge in [0.15, 0.2) is 5.82 Å². The summed E-state index contributed by atoms with van der Waals surface area (Å²) in [5.41, 5.74) is 1.79. The lowest BCUT2D eigenvalue weighted by molar-refractivity contribution is 0.475. The van der Waals surface area contributed by atoms with Gasteiger partial charge in [0.2, 0.25) is 0 Å². The van der Waals surface area contributed by atoms with Crippen LogP contribution in [0.25, 0.3) is 11.4 Å². The molecule has 0 amide bonds. The maximum Gasteiger partial charge on any atom is 0.161 e. The van der Waals surface area contributed by atoms with Crippen molar-refractivity contribution in [3.05, 3.63) is 37.6 Å². The zero-order valence-electron chi connectivity index (χ0n) is 11.1. The molecule has 0 bridgehead atoms. The van der Waals surface area contributed by atoms with Gasteiger partial charge in [-0.25, -0.2) is 9.97 Å². The molecule has 110 valence electrons. The number of phenolic OH excluding ortho intramolecular Hbond substituents is 1. The van der Waals surface area contributed by atoms with E-state index < -0.39 is 0 Å². The van der Waals surface area contributed by atoms with Crippen molar-refractivity contribution in [2.45, 2.75) is 31.6 Å². The van der Waals surface area contributed by atoms with Crippen molar-refractivity contribution in [1.29, 1.82) is 0 Å². The van der Waals surface area contributed by atoms with Crippen LogP contribution in [0.2, 0.25) is 10.2 Å². The molecule has 1 aromatic heterocycles. The van der Waals surface area contributed by atoms with Gasteiger partial charge in [0.1, 0.15) is 10.9 Å². The van der Waals surface area contributed by atoms with Crippen LogP contribution in [0.3, 0.4) is 0 Å². The Balaban J connectivity index is 2.08. The summed E-state index contributed by atoms with van der Waals surface area (Å²) in [5, 5.41) is 10.3. The zero-order valence-corrected chi connectivity index (χ0v) is 14.8. The first-order valence-corrected chi connectivity index (χ1v) is 8.61. The van der Waals surface area contributed by atoms with Crippen LogP contribution in [-0.4, -0.2) is 15.1 Å². The van der Waals surface area contributed by atoms with Gasteiger partial charge in [0.25, 0.3) is 0 Å². The third-order valence-corrected chi connectivity index (χ3v) is 5.74. The first-order valence-electron chi connectivity index (χ1n) is 6.78. The number of rotatable bonds is 2. The van der Waals surface area contributed by atoms with Gasteiger partial charge in [-0.3, -0.25) is 0 Å². The summed E-state index contributed by atoms with van der Waals surface area (Å²) in [4.78, 5) is 9.07. The normalized spacial score (nSPS) is 15.6. The van der Waals surface area contributed by atoms with Crippen LogP contribution >= 0.6 is 45.8 Å². The molecular formula is C15H13Cl2IN2O. The lowest BCUT2D eigenvalue weighted by Gasteiger charge is -2.13. The van der Waals surface area contributed by atoms with Crippen molar-refractivity contribution in [2.75, 3.05) is 0 Å². The Morgan fingerprint density at radius 1 is 1.14 bits per heavy atom. The molecule has 21 heavy (non-hydrogen) atoms. The standard InChI is InChI=1S/C15H13Cl2IN2O/c16-10-7-9(5-6-11(10)21)15-19-13(8-3-1-2-4-8)12(18)14(17)20-15/h5-8,21H,1-4H2. The van der Waals surface area contributed by atoms with Crippen LogP contribution in [0.1, 0.15) is 37.3 Å². The van der Waals surface area contributed by atoms with Crippen molar-refractivity contribution < 1.29 is 5.11 Å². The van der Waals surface area contributed by atoms with E-state index in [1.165, 1.54) is 12.8 Å². The summed E-state index contributed by atoms with van der Waals surface area (Å²) in [6, 6.07) is 4.95. The van der Waals surface area contributed by atoms with Crippen LogP contribution in [0, 0.1) is 3.57 Å². The summed E-state index contributed by atoms with van der Waals surface area (Å²) in [7, 11) is 0. The molecular weight excluding hydrogens is 422 g/mol. The number of benzene rings is 1. The lowest BCUT2D eigenvalue weighted by atomic mass is 10.0. The fourth-order valence-electron chi connectivity index (χ4n) is 2.68. The Morgan fingerprint density at radius 3 is 2.52 bits per heavy atom. The number of aromatic hydroxyl groups is 1. The quantitative estimate of drug-likeness (QED) is 0.507. The lowest BCUT2D eigenvalue weighted by Crippen LogP contribution is -2.04. The number of nitrogens with zero attached hydrogens (tertiary/aromatic N) is 2. The summed E-state index contributed by atoms with van der Waals surface area (Å²) in [6.45, 7) is 0. The Morgan fingerprint density at radius 2 is 1.86 bits per heavy atom. The Labute approximate surface area is 146 Å². The van der Waals surface area contributed by atoms with E-state index in [4.69, 9.17) is 28.2 Å². The van der Waals surface area contributed by atoms with Crippen molar-refractivity contribution in [3.8, 4) is 17.1 Å². The molecule has 1 aliphatic rings. The minimum absolute atomic E-state index is 0.0491. The predicted octanol–water partition coefficient (Wildman–Crippen LogP) is 5.42. The summed E-state index contributed by atoms with van der Waals surface area (Å²) in [6.07, 6.45) is 4.78. The van der Waals surface area contributed by atoms with E-state index in [9.17, 15) is 5.11 Å². The van der Waals surface area contributed by atoms with Crippen LogP contribution in [0.5, 0.6) is 5.75 Å². The van der Waals surface area contributed by atoms with E-state index >= 15 is 0 Å². The molecule has 0 radical (unpaired) electrons. The number of phenols is 1.